The van der Waals surface area contributed by atoms with Crippen molar-refractivity contribution in [3.63, 3.8) is 0 Å². The fraction of sp³-hybridized carbons (Fsp3) is 0.421. The maximum Gasteiger partial charge on any atom is 0.194 e. The molecule has 1 aromatic carbocycles. The van der Waals surface area contributed by atoms with Gasteiger partial charge in [0.25, 0.3) is 0 Å². The lowest BCUT2D eigenvalue weighted by molar-refractivity contribution is 0.146. The van der Waals surface area contributed by atoms with Crippen LogP contribution in [0, 0.1) is 0 Å². The quantitative estimate of drug-likeness (QED) is 0.236. The SMILES string of the molecule is CN=C(NCc1cccc(OCCOC)c1)N(C)Cc1cc(Br)cn1C.I. The lowest BCUT2D eigenvalue weighted by atomic mass is 10.2. The number of ether oxygens (including phenoxy) is 2. The van der Waals surface area contributed by atoms with Crippen molar-refractivity contribution in [1.82, 2.24) is 14.8 Å². The second kappa shape index (κ2) is 12.2. The van der Waals surface area contributed by atoms with Gasteiger partial charge in [0, 0.05) is 51.2 Å². The van der Waals surface area contributed by atoms with Crippen molar-refractivity contribution in [3.8, 4) is 5.75 Å². The zero-order valence-electron chi connectivity index (χ0n) is 16.2. The van der Waals surface area contributed by atoms with Crippen LogP contribution in [0.4, 0.5) is 0 Å². The molecule has 8 heteroatoms. The van der Waals surface area contributed by atoms with Crippen molar-refractivity contribution in [2.45, 2.75) is 13.1 Å². The number of methoxy groups -OCH3 is 1. The van der Waals surface area contributed by atoms with E-state index in [0.29, 0.717) is 19.8 Å². The standard InChI is InChI=1S/C19H27BrN4O2.HI/c1-21-19(24(3)14-17-11-16(20)13-23(17)2)22-12-15-6-5-7-18(10-15)26-9-8-25-4;/h5-7,10-11,13H,8-9,12,14H2,1-4H3,(H,21,22);1H. The van der Waals surface area contributed by atoms with Crippen molar-refractivity contribution in [3.05, 3.63) is 52.3 Å². The molecule has 1 aromatic heterocycles. The van der Waals surface area contributed by atoms with Gasteiger partial charge in [-0.25, -0.2) is 0 Å². The molecule has 0 aliphatic carbocycles. The number of hydrogen-bond donors (Lipinski definition) is 1. The van der Waals surface area contributed by atoms with Crippen molar-refractivity contribution < 1.29 is 9.47 Å². The van der Waals surface area contributed by atoms with Crippen LogP contribution in [0.1, 0.15) is 11.3 Å². The van der Waals surface area contributed by atoms with Crippen molar-refractivity contribution in [2.75, 3.05) is 34.4 Å². The second-order valence-electron chi connectivity index (χ2n) is 6.01. The summed E-state index contributed by atoms with van der Waals surface area (Å²) in [4.78, 5) is 6.48. The van der Waals surface area contributed by atoms with Gasteiger partial charge in [-0.2, -0.15) is 0 Å². The van der Waals surface area contributed by atoms with Gasteiger partial charge in [-0.05, 0) is 39.7 Å². The van der Waals surface area contributed by atoms with E-state index >= 15 is 0 Å². The fourth-order valence-corrected chi connectivity index (χ4v) is 3.17. The first-order chi connectivity index (χ1) is 12.5. The van der Waals surface area contributed by atoms with E-state index in [0.717, 1.165) is 28.3 Å². The molecule has 0 radical (unpaired) electrons. The number of rotatable bonds is 8. The van der Waals surface area contributed by atoms with Gasteiger partial charge in [0.2, 0.25) is 0 Å². The second-order valence-corrected chi connectivity index (χ2v) is 6.92. The summed E-state index contributed by atoms with van der Waals surface area (Å²) in [6.07, 6.45) is 2.05. The van der Waals surface area contributed by atoms with Crippen LogP contribution in [-0.2, 0) is 24.9 Å². The number of aliphatic imine (C=N–C) groups is 1. The molecule has 0 unspecified atom stereocenters. The smallest absolute Gasteiger partial charge is 0.194 e. The van der Waals surface area contributed by atoms with Crippen LogP contribution in [0.25, 0.3) is 0 Å². The maximum atomic E-state index is 5.66. The monoisotopic (exact) mass is 550 g/mol. The van der Waals surface area contributed by atoms with E-state index in [1.165, 1.54) is 5.69 Å². The number of aromatic nitrogens is 1. The molecule has 0 atom stereocenters. The third-order valence-corrected chi connectivity index (χ3v) is 4.39. The highest BCUT2D eigenvalue weighted by Crippen LogP contribution is 2.15. The van der Waals surface area contributed by atoms with Crippen molar-refractivity contribution >= 4 is 45.9 Å². The molecule has 6 nitrogen and oxygen atoms in total. The Morgan fingerprint density at radius 3 is 2.70 bits per heavy atom. The molecule has 2 rings (SSSR count). The predicted molar refractivity (Wildman–Crippen MR) is 124 cm³/mol. The molecule has 1 N–H and O–H groups in total. The number of aryl methyl sites for hydroxylation is 1. The molecule has 27 heavy (non-hydrogen) atoms. The zero-order valence-corrected chi connectivity index (χ0v) is 20.2. The highest BCUT2D eigenvalue weighted by molar-refractivity contribution is 14.0. The zero-order chi connectivity index (χ0) is 18.9. The Labute approximate surface area is 187 Å². The largest absolute Gasteiger partial charge is 0.491 e. The van der Waals surface area contributed by atoms with Crippen molar-refractivity contribution in [1.29, 1.82) is 0 Å². The summed E-state index contributed by atoms with van der Waals surface area (Å²) < 4.78 is 13.9. The molecule has 0 saturated heterocycles. The molecule has 0 saturated carbocycles. The van der Waals surface area contributed by atoms with Gasteiger partial charge in [0.15, 0.2) is 5.96 Å². The third kappa shape index (κ3) is 7.71. The average Bonchev–Trinajstić information content (AvgIpc) is 2.93. The first-order valence-corrected chi connectivity index (χ1v) is 9.26. The van der Waals surface area contributed by atoms with E-state index in [4.69, 9.17) is 9.47 Å². The number of guanidine groups is 1. The number of nitrogens with one attached hydrogen (secondary N) is 1. The Balaban J connectivity index is 0.00000364. The van der Waals surface area contributed by atoms with Crippen LogP contribution in [-0.4, -0.2) is 49.8 Å². The molecule has 0 fully saturated rings. The molecule has 0 spiro atoms. The molecule has 0 bridgehead atoms. The van der Waals surface area contributed by atoms with E-state index in [1.54, 1.807) is 14.2 Å². The summed E-state index contributed by atoms with van der Waals surface area (Å²) in [5, 5.41) is 3.40. The number of hydrogen-bond acceptors (Lipinski definition) is 3. The molecule has 2 aromatic rings. The molecule has 1 heterocycles. The number of halogens is 2. The summed E-state index contributed by atoms with van der Waals surface area (Å²) in [6.45, 7) is 2.57. The van der Waals surface area contributed by atoms with Crippen LogP contribution in [0.2, 0.25) is 0 Å². The highest BCUT2D eigenvalue weighted by Gasteiger charge is 2.10. The van der Waals surface area contributed by atoms with Gasteiger partial charge >= 0.3 is 0 Å². The Morgan fingerprint density at radius 2 is 2.07 bits per heavy atom. The van der Waals surface area contributed by atoms with Gasteiger partial charge in [-0.15, -0.1) is 24.0 Å². The Bertz CT molecular complexity index is 736. The van der Waals surface area contributed by atoms with Crippen LogP contribution >= 0.6 is 39.9 Å². The van der Waals surface area contributed by atoms with E-state index in [1.807, 2.05) is 32.3 Å². The van der Waals surface area contributed by atoms with Gasteiger partial charge in [0.05, 0.1) is 13.2 Å². The fourth-order valence-electron chi connectivity index (χ4n) is 2.60. The summed E-state index contributed by atoms with van der Waals surface area (Å²) >= 11 is 3.51. The minimum atomic E-state index is 0. The summed E-state index contributed by atoms with van der Waals surface area (Å²) in [7, 11) is 7.53. The third-order valence-electron chi connectivity index (χ3n) is 3.95. The predicted octanol–water partition coefficient (Wildman–Crippen LogP) is 3.64. The summed E-state index contributed by atoms with van der Waals surface area (Å²) in [6, 6.07) is 10.2. The van der Waals surface area contributed by atoms with Gasteiger partial charge < -0.3 is 24.3 Å². The summed E-state index contributed by atoms with van der Waals surface area (Å²) in [5.41, 5.74) is 2.34. The number of nitrogens with zero attached hydrogens (tertiary/aromatic N) is 3. The Morgan fingerprint density at radius 1 is 1.30 bits per heavy atom. The molecular weight excluding hydrogens is 523 g/mol. The molecule has 150 valence electrons. The Kier molecular flexibility index (Phi) is 10.8. The van der Waals surface area contributed by atoms with E-state index in [2.05, 4.69) is 54.0 Å². The lowest BCUT2D eigenvalue weighted by Crippen LogP contribution is -2.38. The van der Waals surface area contributed by atoms with Gasteiger partial charge in [0.1, 0.15) is 12.4 Å². The van der Waals surface area contributed by atoms with E-state index < -0.39 is 0 Å². The number of benzene rings is 1. The van der Waals surface area contributed by atoms with E-state index in [9.17, 15) is 0 Å². The topological polar surface area (TPSA) is 51.0 Å². The van der Waals surface area contributed by atoms with Crippen molar-refractivity contribution in [2.24, 2.45) is 12.0 Å². The Hall–Kier alpha value is -1.26. The van der Waals surface area contributed by atoms with Crippen LogP contribution in [0.15, 0.2) is 46.0 Å². The van der Waals surface area contributed by atoms with Crippen LogP contribution in [0.3, 0.4) is 0 Å². The molecule has 0 aliphatic rings. The average molecular weight is 551 g/mol. The molecular formula is C19H28BrIN4O2. The van der Waals surface area contributed by atoms with Crippen LogP contribution in [0.5, 0.6) is 5.75 Å². The molecule has 0 aliphatic heterocycles. The first-order valence-electron chi connectivity index (χ1n) is 8.46. The maximum absolute atomic E-state index is 5.66. The first kappa shape index (κ1) is 23.8. The van der Waals surface area contributed by atoms with Gasteiger partial charge in [-0.3, -0.25) is 4.99 Å². The van der Waals surface area contributed by atoms with E-state index in [-0.39, 0.29) is 24.0 Å². The summed E-state index contributed by atoms with van der Waals surface area (Å²) in [5.74, 6) is 1.69. The van der Waals surface area contributed by atoms with Crippen LogP contribution < -0.4 is 10.1 Å². The minimum absolute atomic E-state index is 0. The van der Waals surface area contributed by atoms with Gasteiger partial charge in [-0.1, -0.05) is 12.1 Å². The lowest BCUT2D eigenvalue weighted by Gasteiger charge is -2.22. The normalized spacial score (nSPS) is 11.1. The minimum Gasteiger partial charge on any atom is -0.491 e. The highest BCUT2D eigenvalue weighted by atomic mass is 127. The molecule has 0 amide bonds.